The Balaban J connectivity index is 3.32. The highest BCUT2D eigenvalue weighted by Gasteiger charge is 2.01. The van der Waals surface area contributed by atoms with Crippen molar-refractivity contribution in [3.05, 3.63) is 12.2 Å². The molecular weight excluding hydrogens is 140 g/mol. The number of thioether (sulfide) groups is 1. The van der Waals surface area contributed by atoms with Crippen LogP contribution in [0.2, 0.25) is 0 Å². The van der Waals surface area contributed by atoms with Crippen LogP contribution in [0.4, 0.5) is 0 Å². The Labute approximate surface area is 60.3 Å². The van der Waals surface area contributed by atoms with Crippen LogP contribution in [0.3, 0.4) is 0 Å². The molecule has 0 fully saturated rings. The fourth-order valence-electron chi connectivity index (χ4n) is 0.289. The molecule has 8 heavy (non-hydrogen) atoms. The van der Waals surface area contributed by atoms with Crippen LogP contribution >= 0.6 is 23.4 Å². The lowest BCUT2D eigenvalue weighted by molar-refractivity contribution is 1.13. The zero-order valence-electron chi connectivity index (χ0n) is 5.28. The Morgan fingerprint density at radius 1 is 1.88 bits per heavy atom. The van der Waals surface area contributed by atoms with Gasteiger partial charge in [-0.1, -0.05) is 12.2 Å². The van der Waals surface area contributed by atoms with Gasteiger partial charge in [-0.05, 0) is 13.2 Å². The first-order valence-corrected chi connectivity index (χ1v) is 4.30. The molecule has 0 aliphatic rings. The van der Waals surface area contributed by atoms with Crippen LogP contribution in [0.1, 0.15) is 6.92 Å². The van der Waals surface area contributed by atoms with Crippen LogP contribution in [0, 0.1) is 0 Å². The second-order valence-electron chi connectivity index (χ2n) is 1.77. The van der Waals surface area contributed by atoms with Gasteiger partial charge in [-0.3, -0.25) is 0 Å². The zero-order chi connectivity index (χ0) is 6.57. The molecule has 0 radical (unpaired) electrons. The zero-order valence-corrected chi connectivity index (χ0v) is 6.85. The summed E-state index contributed by atoms with van der Waals surface area (Å²) < 4.78 is 0. The summed E-state index contributed by atoms with van der Waals surface area (Å²) >= 11 is 7.54. The van der Waals surface area contributed by atoms with E-state index >= 15 is 0 Å². The lowest BCUT2D eigenvalue weighted by Gasteiger charge is -2.04. The van der Waals surface area contributed by atoms with E-state index in [4.69, 9.17) is 11.6 Å². The van der Waals surface area contributed by atoms with E-state index in [1.807, 2.05) is 13.2 Å². The number of allylic oxidation sites excluding steroid dienone is 1. The molecule has 0 aromatic heterocycles. The molecule has 0 saturated heterocycles. The first-order chi connectivity index (χ1) is 3.68. The average molecular weight is 151 g/mol. The predicted octanol–water partition coefficient (Wildman–Crippen LogP) is 2.53. The van der Waals surface area contributed by atoms with E-state index in [-0.39, 0.29) is 5.38 Å². The van der Waals surface area contributed by atoms with Crippen LogP contribution < -0.4 is 0 Å². The van der Waals surface area contributed by atoms with Crippen LogP contribution in [-0.4, -0.2) is 17.4 Å². The van der Waals surface area contributed by atoms with Gasteiger partial charge in [0, 0.05) is 5.75 Å². The highest BCUT2D eigenvalue weighted by molar-refractivity contribution is 7.98. The van der Waals surface area contributed by atoms with Gasteiger partial charge in [0.15, 0.2) is 0 Å². The number of hydrogen-bond acceptors (Lipinski definition) is 1. The molecule has 0 aromatic rings. The Bertz CT molecular complexity index is 80.6. The fourth-order valence-corrected chi connectivity index (χ4v) is 1.24. The Hall–Kier alpha value is 0.380. The summed E-state index contributed by atoms with van der Waals surface area (Å²) in [5, 5.41) is 0.157. The molecule has 1 unspecified atom stereocenters. The second-order valence-corrected chi connectivity index (χ2v) is 3.21. The Kier molecular flexibility index (Phi) is 4.48. The topological polar surface area (TPSA) is 0 Å². The van der Waals surface area contributed by atoms with Gasteiger partial charge in [0.25, 0.3) is 0 Å². The number of hydrogen-bond donors (Lipinski definition) is 0. The van der Waals surface area contributed by atoms with E-state index in [2.05, 4.69) is 6.58 Å². The predicted molar refractivity (Wildman–Crippen MR) is 42.8 cm³/mol. The lowest BCUT2D eigenvalue weighted by atomic mass is 10.3. The minimum Gasteiger partial charge on any atom is -0.164 e. The summed E-state index contributed by atoms with van der Waals surface area (Å²) in [5.41, 5.74) is 1.06. The van der Waals surface area contributed by atoms with E-state index < -0.39 is 0 Å². The molecule has 0 aliphatic heterocycles. The molecule has 0 spiro atoms. The largest absolute Gasteiger partial charge is 0.164 e. The van der Waals surface area contributed by atoms with Gasteiger partial charge in [0.05, 0.1) is 5.38 Å². The van der Waals surface area contributed by atoms with Gasteiger partial charge in [-0.15, -0.1) is 11.6 Å². The highest BCUT2D eigenvalue weighted by Crippen LogP contribution is 2.11. The van der Waals surface area contributed by atoms with Crippen molar-refractivity contribution in [2.24, 2.45) is 0 Å². The minimum absolute atomic E-state index is 0.157. The van der Waals surface area contributed by atoms with Gasteiger partial charge < -0.3 is 0 Å². The summed E-state index contributed by atoms with van der Waals surface area (Å²) in [7, 11) is 0. The van der Waals surface area contributed by atoms with Gasteiger partial charge in [-0.2, -0.15) is 11.8 Å². The molecule has 0 bridgehead atoms. The highest BCUT2D eigenvalue weighted by atomic mass is 35.5. The third-order valence-electron chi connectivity index (χ3n) is 0.848. The van der Waals surface area contributed by atoms with Crippen molar-refractivity contribution < 1.29 is 0 Å². The number of halogens is 1. The third kappa shape index (κ3) is 3.39. The maximum absolute atomic E-state index is 5.80. The molecule has 0 rings (SSSR count). The maximum Gasteiger partial charge on any atom is 0.0630 e. The van der Waals surface area contributed by atoms with Crippen LogP contribution in [0.15, 0.2) is 12.2 Å². The number of alkyl halides is 1. The summed E-state index contributed by atoms with van der Waals surface area (Å²) in [6.45, 7) is 5.68. The van der Waals surface area contributed by atoms with Crippen molar-refractivity contribution in [2.75, 3.05) is 12.0 Å². The smallest absolute Gasteiger partial charge is 0.0630 e. The summed E-state index contributed by atoms with van der Waals surface area (Å²) in [4.78, 5) is 0. The van der Waals surface area contributed by atoms with Gasteiger partial charge in [0.1, 0.15) is 0 Å². The van der Waals surface area contributed by atoms with Crippen molar-refractivity contribution in [2.45, 2.75) is 12.3 Å². The molecular formula is C6H11ClS. The van der Waals surface area contributed by atoms with Gasteiger partial charge >= 0.3 is 0 Å². The number of rotatable bonds is 3. The second kappa shape index (κ2) is 4.28. The summed E-state index contributed by atoms with van der Waals surface area (Å²) in [5.74, 6) is 0.969. The van der Waals surface area contributed by atoms with E-state index in [0.29, 0.717) is 0 Å². The van der Waals surface area contributed by atoms with E-state index in [9.17, 15) is 0 Å². The van der Waals surface area contributed by atoms with Crippen molar-refractivity contribution in [3.8, 4) is 0 Å². The quantitative estimate of drug-likeness (QED) is 0.440. The van der Waals surface area contributed by atoms with Crippen molar-refractivity contribution in [1.82, 2.24) is 0 Å². The van der Waals surface area contributed by atoms with Crippen LogP contribution in [0.25, 0.3) is 0 Å². The SMILES string of the molecule is C=C(C)C(Cl)CSC. The monoisotopic (exact) mass is 150 g/mol. The molecule has 0 aromatic carbocycles. The molecule has 0 saturated carbocycles. The van der Waals surface area contributed by atoms with Crippen LogP contribution in [-0.2, 0) is 0 Å². The maximum atomic E-state index is 5.80. The van der Waals surface area contributed by atoms with E-state index in [1.165, 1.54) is 0 Å². The minimum atomic E-state index is 0.157. The van der Waals surface area contributed by atoms with Crippen molar-refractivity contribution >= 4 is 23.4 Å². The summed E-state index contributed by atoms with van der Waals surface area (Å²) in [6.07, 6.45) is 2.04. The molecule has 0 amide bonds. The van der Waals surface area contributed by atoms with Gasteiger partial charge in [-0.25, -0.2) is 0 Å². The third-order valence-corrected chi connectivity index (χ3v) is 2.22. The normalized spacial score (nSPS) is 13.4. The van der Waals surface area contributed by atoms with E-state index in [1.54, 1.807) is 11.8 Å². The lowest BCUT2D eigenvalue weighted by Crippen LogP contribution is -2.01. The molecule has 0 N–H and O–H groups in total. The van der Waals surface area contributed by atoms with Gasteiger partial charge in [0.2, 0.25) is 0 Å². The fraction of sp³-hybridized carbons (Fsp3) is 0.667. The molecule has 1 atom stereocenters. The first-order valence-electron chi connectivity index (χ1n) is 2.47. The Morgan fingerprint density at radius 2 is 2.38 bits per heavy atom. The van der Waals surface area contributed by atoms with Crippen LogP contribution in [0.5, 0.6) is 0 Å². The van der Waals surface area contributed by atoms with E-state index in [0.717, 1.165) is 11.3 Å². The summed E-state index contributed by atoms with van der Waals surface area (Å²) in [6, 6.07) is 0. The molecule has 0 heterocycles. The van der Waals surface area contributed by atoms with Crippen molar-refractivity contribution in [1.29, 1.82) is 0 Å². The standard InChI is InChI=1S/C6H11ClS/c1-5(2)6(7)4-8-3/h6H,1,4H2,2-3H3. The molecule has 0 nitrogen and oxygen atoms in total. The average Bonchev–Trinajstić information content (AvgIpc) is 1.67. The molecule has 0 aliphatic carbocycles. The molecule has 2 heteroatoms. The molecule has 48 valence electrons. The Morgan fingerprint density at radius 3 is 2.50 bits per heavy atom. The van der Waals surface area contributed by atoms with Crippen molar-refractivity contribution in [3.63, 3.8) is 0 Å². The first kappa shape index (κ1) is 8.38.